The highest BCUT2D eigenvalue weighted by Crippen LogP contribution is 2.20. The second-order valence-corrected chi connectivity index (χ2v) is 5.26. The van der Waals surface area contributed by atoms with Crippen molar-refractivity contribution in [3.63, 3.8) is 0 Å². The minimum absolute atomic E-state index is 0.0300. The molecule has 1 heterocycles. The van der Waals surface area contributed by atoms with Crippen LogP contribution in [0, 0.1) is 0 Å². The van der Waals surface area contributed by atoms with E-state index in [9.17, 15) is 4.79 Å². The van der Waals surface area contributed by atoms with Crippen LogP contribution < -0.4 is 5.73 Å². The molecule has 98 valence electrons. The standard InChI is InChI=1S/C14H20N2O2/c1-14(2)10-16(8-9-18-14)13(17)12(15)11-6-4-3-5-7-11/h3-7,12H,8-10,15H2,1-2H3/t12-/m0/s1. The molecule has 1 atom stereocenters. The zero-order chi connectivity index (χ0) is 13.2. The van der Waals surface area contributed by atoms with Crippen LogP contribution >= 0.6 is 0 Å². The molecule has 1 aliphatic heterocycles. The molecule has 1 aromatic carbocycles. The molecule has 1 amide bonds. The summed E-state index contributed by atoms with van der Waals surface area (Å²) in [6.07, 6.45) is 0. The van der Waals surface area contributed by atoms with Gasteiger partial charge in [-0.1, -0.05) is 30.3 Å². The molecule has 0 aliphatic carbocycles. The number of morpholine rings is 1. The maximum atomic E-state index is 12.3. The van der Waals surface area contributed by atoms with Crippen LogP contribution in [0.3, 0.4) is 0 Å². The lowest BCUT2D eigenvalue weighted by Gasteiger charge is -2.39. The summed E-state index contributed by atoms with van der Waals surface area (Å²) in [5, 5.41) is 0. The number of hydrogen-bond acceptors (Lipinski definition) is 3. The smallest absolute Gasteiger partial charge is 0.244 e. The second-order valence-electron chi connectivity index (χ2n) is 5.26. The van der Waals surface area contributed by atoms with Crippen molar-refractivity contribution < 1.29 is 9.53 Å². The summed E-state index contributed by atoms with van der Waals surface area (Å²) in [5.41, 5.74) is 6.59. The molecule has 0 radical (unpaired) electrons. The number of carbonyl (C=O) groups is 1. The highest BCUT2D eigenvalue weighted by atomic mass is 16.5. The number of ether oxygens (including phenoxy) is 1. The number of benzene rings is 1. The van der Waals surface area contributed by atoms with Crippen LogP contribution in [0.5, 0.6) is 0 Å². The first kappa shape index (κ1) is 13.1. The Morgan fingerprint density at radius 2 is 2.06 bits per heavy atom. The van der Waals surface area contributed by atoms with Gasteiger partial charge in [0.1, 0.15) is 6.04 Å². The molecule has 0 aromatic heterocycles. The summed E-state index contributed by atoms with van der Waals surface area (Å²) in [5.74, 6) is -0.0300. The Hall–Kier alpha value is -1.39. The molecular weight excluding hydrogens is 228 g/mol. The number of rotatable bonds is 2. The fourth-order valence-electron chi connectivity index (χ4n) is 2.20. The van der Waals surface area contributed by atoms with Crippen molar-refractivity contribution in [1.29, 1.82) is 0 Å². The van der Waals surface area contributed by atoms with Gasteiger partial charge in [0, 0.05) is 13.1 Å². The van der Waals surface area contributed by atoms with Crippen molar-refractivity contribution >= 4 is 5.91 Å². The molecule has 4 nitrogen and oxygen atoms in total. The Labute approximate surface area is 108 Å². The van der Waals surface area contributed by atoms with Crippen LogP contribution in [0.15, 0.2) is 30.3 Å². The molecule has 1 saturated heterocycles. The van der Waals surface area contributed by atoms with Crippen molar-refractivity contribution in [2.24, 2.45) is 5.73 Å². The van der Waals surface area contributed by atoms with Crippen LogP contribution in [0.4, 0.5) is 0 Å². The normalized spacial score (nSPS) is 20.5. The molecule has 1 aliphatic rings. The van der Waals surface area contributed by atoms with Gasteiger partial charge in [-0.3, -0.25) is 4.79 Å². The number of nitrogens with zero attached hydrogens (tertiary/aromatic N) is 1. The van der Waals surface area contributed by atoms with E-state index in [2.05, 4.69) is 0 Å². The van der Waals surface area contributed by atoms with Gasteiger partial charge in [-0.2, -0.15) is 0 Å². The zero-order valence-electron chi connectivity index (χ0n) is 10.9. The summed E-state index contributed by atoms with van der Waals surface area (Å²) >= 11 is 0. The van der Waals surface area contributed by atoms with Gasteiger partial charge >= 0.3 is 0 Å². The van der Waals surface area contributed by atoms with E-state index in [0.717, 1.165) is 5.56 Å². The largest absolute Gasteiger partial charge is 0.372 e. The average molecular weight is 248 g/mol. The Kier molecular flexibility index (Phi) is 3.68. The van der Waals surface area contributed by atoms with Gasteiger partial charge in [0.15, 0.2) is 0 Å². The predicted molar refractivity (Wildman–Crippen MR) is 70.0 cm³/mol. The lowest BCUT2D eigenvalue weighted by molar-refractivity contribution is -0.147. The molecule has 0 saturated carbocycles. The van der Waals surface area contributed by atoms with E-state index in [0.29, 0.717) is 19.7 Å². The third kappa shape index (κ3) is 2.89. The van der Waals surface area contributed by atoms with E-state index in [1.807, 2.05) is 44.2 Å². The molecule has 18 heavy (non-hydrogen) atoms. The van der Waals surface area contributed by atoms with E-state index < -0.39 is 6.04 Å². The van der Waals surface area contributed by atoms with Crippen LogP contribution in [0.2, 0.25) is 0 Å². The third-order valence-electron chi connectivity index (χ3n) is 3.16. The second kappa shape index (κ2) is 5.08. The van der Waals surface area contributed by atoms with Crippen LogP contribution in [-0.2, 0) is 9.53 Å². The van der Waals surface area contributed by atoms with Gasteiger partial charge in [-0.25, -0.2) is 0 Å². The maximum Gasteiger partial charge on any atom is 0.244 e. The Bertz CT molecular complexity index is 417. The van der Waals surface area contributed by atoms with Gasteiger partial charge in [-0.05, 0) is 19.4 Å². The highest BCUT2D eigenvalue weighted by Gasteiger charge is 2.32. The summed E-state index contributed by atoms with van der Waals surface area (Å²) < 4.78 is 5.60. The fraction of sp³-hybridized carbons (Fsp3) is 0.500. The van der Waals surface area contributed by atoms with Crippen molar-refractivity contribution in [2.45, 2.75) is 25.5 Å². The summed E-state index contributed by atoms with van der Waals surface area (Å²) in [6.45, 7) is 5.75. The van der Waals surface area contributed by atoms with Gasteiger partial charge in [0.05, 0.1) is 12.2 Å². The molecule has 4 heteroatoms. The van der Waals surface area contributed by atoms with Gasteiger partial charge in [-0.15, -0.1) is 0 Å². The predicted octanol–water partition coefficient (Wildman–Crippen LogP) is 1.32. The highest BCUT2D eigenvalue weighted by molar-refractivity contribution is 5.83. The molecule has 0 unspecified atom stereocenters. The minimum atomic E-state index is -0.583. The molecule has 1 fully saturated rings. The quantitative estimate of drug-likeness (QED) is 0.859. The maximum absolute atomic E-state index is 12.3. The average Bonchev–Trinajstić information content (AvgIpc) is 2.37. The number of amides is 1. The number of carbonyl (C=O) groups excluding carboxylic acids is 1. The molecule has 1 aromatic rings. The van der Waals surface area contributed by atoms with Crippen molar-refractivity contribution in [3.05, 3.63) is 35.9 Å². The zero-order valence-corrected chi connectivity index (χ0v) is 10.9. The van der Waals surface area contributed by atoms with Crippen molar-refractivity contribution in [1.82, 2.24) is 4.90 Å². The molecule has 2 N–H and O–H groups in total. The first-order valence-electron chi connectivity index (χ1n) is 6.23. The van der Waals surface area contributed by atoms with Crippen LogP contribution in [0.1, 0.15) is 25.5 Å². The number of nitrogens with two attached hydrogens (primary N) is 1. The van der Waals surface area contributed by atoms with Gasteiger partial charge in [0.2, 0.25) is 5.91 Å². The number of hydrogen-bond donors (Lipinski definition) is 1. The lowest BCUT2D eigenvalue weighted by atomic mass is 10.0. The van der Waals surface area contributed by atoms with E-state index in [1.165, 1.54) is 0 Å². The van der Waals surface area contributed by atoms with Crippen LogP contribution in [-0.4, -0.2) is 36.1 Å². The van der Waals surface area contributed by atoms with E-state index in [1.54, 1.807) is 4.90 Å². The first-order chi connectivity index (χ1) is 8.49. The Balaban J connectivity index is 2.07. The lowest BCUT2D eigenvalue weighted by Crippen LogP contribution is -2.52. The monoisotopic (exact) mass is 248 g/mol. The SMILES string of the molecule is CC1(C)CN(C(=O)[C@@H](N)c2ccccc2)CCO1. The van der Waals surface area contributed by atoms with E-state index in [4.69, 9.17) is 10.5 Å². The van der Waals surface area contributed by atoms with Gasteiger partial charge < -0.3 is 15.4 Å². The van der Waals surface area contributed by atoms with Crippen molar-refractivity contribution in [2.75, 3.05) is 19.7 Å². The molecule has 2 rings (SSSR count). The Morgan fingerprint density at radius 3 is 2.67 bits per heavy atom. The first-order valence-corrected chi connectivity index (χ1v) is 6.23. The van der Waals surface area contributed by atoms with Gasteiger partial charge in [0.25, 0.3) is 0 Å². The molecular formula is C14H20N2O2. The van der Waals surface area contributed by atoms with Crippen molar-refractivity contribution in [3.8, 4) is 0 Å². The summed E-state index contributed by atoms with van der Waals surface area (Å²) in [7, 11) is 0. The third-order valence-corrected chi connectivity index (χ3v) is 3.16. The summed E-state index contributed by atoms with van der Waals surface area (Å²) in [6, 6.07) is 8.89. The molecule has 0 spiro atoms. The molecule has 0 bridgehead atoms. The van der Waals surface area contributed by atoms with Crippen LogP contribution in [0.25, 0.3) is 0 Å². The van der Waals surface area contributed by atoms with E-state index in [-0.39, 0.29) is 11.5 Å². The topological polar surface area (TPSA) is 55.6 Å². The Morgan fingerprint density at radius 1 is 1.39 bits per heavy atom. The summed E-state index contributed by atoms with van der Waals surface area (Å²) in [4.78, 5) is 14.1. The van der Waals surface area contributed by atoms with E-state index >= 15 is 0 Å². The fourth-order valence-corrected chi connectivity index (χ4v) is 2.20. The minimum Gasteiger partial charge on any atom is -0.372 e.